The van der Waals surface area contributed by atoms with Crippen LogP contribution in [0.2, 0.25) is 0 Å². The Hall–Kier alpha value is -4.34. The molecule has 14 nitrogen and oxygen atoms in total. The van der Waals surface area contributed by atoms with Crippen molar-refractivity contribution in [2.45, 2.75) is 106 Å². The summed E-state index contributed by atoms with van der Waals surface area (Å²) in [5.74, 6) is -6.63. The SMILES string of the molecule is CO[C@H]1/C=C/O[C@@]2(C)Oc3c(C)c(O)c4c(O)c(c(N5CCN(CC(C)C)CC5)c(O)c4c3C2=O)NC(=O)/C(C)=C\C=C\C(C)(C)[C@H](C)[C@H](O)[C@@H](C)[C@@H](O)[C@@H](C)[C@H](O)[C@@H]1C. The maximum Gasteiger partial charge on any atom is 0.312 e. The number of methoxy groups -OCH3 is 1. The number of phenols is 3. The molecule has 1 fully saturated rings. The van der Waals surface area contributed by atoms with Gasteiger partial charge in [0, 0.05) is 81.0 Å². The second-order valence-corrected chi connectivity index (χ2v) is 18.4. The molecule has 4 aliphatic heterocycles. The standard InChI is InChI=1S/C46H67N3O11/c1-23(2)22-48-17-19-49(20-18-48)35-34-40(54)32-31(41(35)55)33-42(28(7)39(32)53)60-46(11,43(33)56)59-21-15-30(58-12)25(4)36(50)26(5)37(51)27(6)38(52)29(8)45(9,10)16-13-14-24(3)44(57)47-34/h13-16,21,23,25-27,29-30,36-38,50-55H,17-20,22H2,1-12H3,(H,47,57)/b16-13+,21-15+,24-14-/t25-,26+,27+,29-,30+,36-,37+,38-,46+/m1/s1. The number of allylic oxidation sites excluding steroid dienone is 3. The fourth-order valence-corrected chi connectivity index (χ4v) is 8.81. The van der Waals surface area contributed by atoms with Crippen molar-refractivity contribution < 1.29 is 54.4 Å². The number of nitrogens with one attached hydrogen (secondary N) is 1. The van der Waals surface area contributed by atoms with Crippen molar-refractivity contribution in [1.29, 1.82) is 0 Å². The van der Waals surface area contributed by atoms with Crippen LogP contribution in [-0.2, 0) is 14.3 Å². The van der Waals surface area contributed by atoms with Gasteiger partial charge in [0.2, 0.25) is 0 Å². The molecule has 0 spiro atoms. The van der Waals surface area contributed by atoms with Crippen molar-refractivity contribution >= 4 is 33.8 Å². The Labute approximate surface area is 354 Å². The second kappa shape index (κ2) is 17.9. The first-order valence-corrected chi connectivity index (χ1v) is 21.1. The van der Waals surface area contributed by atoms with E-state index in [-0.39, 0.29) is 50.5 Å². The number of benzene rings is 2. The molecule has 332 valence electrons. The number of rotatable bonds is 4. The fourth-order valence-electron chi connectivity index (χ4n) is 8.81. The molecule has 60 heavy (non-hydrogen) atoms. The molecular formula is C46H67N3O11. The van der Waals surface area contributed by atoms with Gasteiger partial charge in [-0.1, -0.05) is 73.6 Å². The van der Waals surface area contributed by atoms with Crippen molar-refractivity contribution in [2.24, 2.45) is 35.0 Å². The molecule has 4 aliphatic rings. The quantitative estimate of drug-likeness (QED) is 0.140. The molecule has 4 heterocycles. The molecular weight excluding hydrogens is 771 g/mol. The number of aliphatic hydroxyl groups is 3. The first kappa shape index (κ1) is 46.7. The van der Waals surface area contributed by atoms with Gasteiger partial charge in [-0.25, -0.2) is 0 Å². The minimum absolute atomic E-state index is 0.0458. The van der Waals surface area contributed by atoms with E-state index in [4.69, 9.17) is 14.2 Å². The summed E-state index contributed by atoms with van der Waals surface area (Å²) in [4.78, 5) is 32.6. The molecule has 2 aromatic rings. The summed E-state index contributed by atoms with van der Waals surface area (Å²) < 4.78 is 17.9. The fraction of sp³-hybridized carbons (Fsp3) is 0.609. The highest BCUT2D eigenvalue weighted by Crippen LogP contribution is 2.57. The summed E-state index contributed by atoms with van der Waals surface area (Å²) in [6.45, 7) is 22.7. The number of ether oxygens (including phenoxy) is 3. The lowest BCUT2D eigenvalue weighted by Crippen LogP contribution is -2.47. The number of carbonyl (C=O) groups excluding carboxylic acids is 2. The van der Waals surface area contributed by atoms with Crippen LogP contribution in [0.1, 0.15) is 85.2 Å². The molecule has 6 rings (SSSR count). The van der Waals surface area contributed by atoms with Crippen LogP contribution in [-0.4, -0.2) is 117 Å². The average Bonchev–Trinajstić information content (AvgIpc) is 3.46. The Bertz CT molecular complexity index is 2030. The van der Waals surface area contributed by atoms with Crippen LogP contribution in [0, 0.1) is 41.9 Å². The Kier molecular flexibility index (Phi) is 14.0. The monoisotopic (exact) mass is 837 g/mol. The highest BCUT2D eigenvalue weighted by Gasteiger charge is 2.50. The number of hydrogen-bond donors (Lipinski definition) is 7. The summed E-state index contributed by atoms with van der Waals surface area (Å²) in [7, 11) is 1.46. The van der Waals surface area contributed by atoms with Crippen LogP contribution >= 0.6 is 0 Å². The number of amides is 1. The molecule has 1 saturated heterocycles. The molecule has 0 radical (unpaired) electrons. The first-order chi connectivity index (χ1) is 28.0. The minimum Gasteiger partial charge on any atom is -0.507 e. The third kappa shape index (κ3) is 8.72. The van der Waals surface area contributed by atoms with Gasteiger partial charge in [0.25, 0.3) is 11.7 Å². The second-order valence-electron chi connectivity index (χ2n) is 18.4. The predicted molar refractivity (Wildman–Crippen MR) is 232 cm³/mol. The third-order valence-electron chi connectivity index (χ3n) is 13.3. The van der Waals surface area contributed by atoms with Crippen LogP contribution < -0.4 is 15.0 Å². The van der Waals surface area contributed by atoms with Gasteiger partial charge in [0.05, 0.1) is 41.6 Å². The number of phenolic OH excluding ortho intramolecular Hbond substituents is 3. The third-order valence-corrected chi connectivity index (χ3v) is 13.3. The lowest BCUT2D eigenvalue weighted by Gasteiger charge is -2.40. The van der Waals surface area contributed by atoms with E-state index >= 15 is 0 Å². The Morgan fingerprint density at radius 2 is 1.47 bits per heavy atom. The molecule has 0 aromatic heterocycles. The van der Waals surface area contributed by atoms with Gasteiger partial charge in [0.1, 0.15) is 28.6 Å². The van der Waals surface area contributed by atoms with Crippen LogP contribution in [0.5, 0.6) is 23.0 Å². The molecule has 1 amide bonds. The van der Waals surface area contributed by atoms with Crippen molar-refractivity contribution in [3.05, 3.63) is 47.3 Å². The minimum atomic E-state index is -2.00. The number of nitrogens with zero attached hydrogens (tertiary/aromatic N) is 2. The Morgan fingerprint density at radius 3 is 2.07 bits per heavy atom. The Balaban J connectivity index is 1.70. The van der Waals surface area contributed by atoms with Crippen LogP contribution in [0.3, 0.4) is 0 Å². The summed E-state index contributed by atoms with van der Waals surface area (Å²) in [6.07, 6.45) is 4.02. The molecule has 2 aromatic carbocycles. The van der Waals surface area contributed by atoms with E-state index in [0.29, 0.717) is 32.1 Å². The summed E-state index contributed by atoms with van der Waals surface area (Å²) in [6, 6.07) is 0. The zero-order chi connectivity index (χ0) is 44.8. The molecule has 0 saturated carbocycles. The van der Waals surface area contributed by atoms with Gasteiger partial charge in [-0.3, -0.25) is 14.5 Å². The number of fused-ring (bicyclic) bond motifs is 15. The summed E-state index contributed by atoms with van der Waals surface area (Å²) in [5.41, 5.74) is -0.425. The number of carbonyl (C=O) groups is 2. The maximum absolute atomic E-state index is 14.5. The van der Waals surface area contributed by atoms with E-state index < -0.39 is 82.3 Å². The number of hydrogen-bond acceptors (Lipinski definition) is 13. The van der Waals surface area contributed by atoms with E-state index in [0.717, 1.165) is 6.54 Å². The highest BCUT2D eigenvalue weighted by atomic mass is 16.7. The highest BCUT2D eigenvalue weighted by molar-refractivity contribution is 6.23. The van der Waals surface area contributed by atoms with Gasteiger partial charge >= 0.3 is 5.79 Å². The van der Waals surface area contributed by atoms with E-state index in [9.17, 15) is 40.2 Å². The van der Waals surface area contributed by atoms with Gasteiger partial charge < -0.3 is 55.1 Å². The summed E-state index contributed by atoms with van der Waals surface area (Å²) in [5, 5.41) is 73.1. The number of aliphatic hydroxyl groups excluding tert-OH is 3. The number of piperazine rings is 1. The van der Waals surface area contributed by atoms with Crippen LogP contribution in [0.25, 0.3) is 10.8 Å². The van der Waals surface area contributed by atoms with Crippen LogP contribution in [0.15, 0.2) is 36.1 Å². The van der Waals surface area contributed by atoms with E-state index in [1.807, 2.05) is 31.7 Å². The molecule has 0 aliphatic carbocycles. The van der Waals surface area contributed by atoms with Gasteiger partial charge in [-0.2, -0.15) is 0 Å². The van der Waals surface area contributed by atoms with Gasteiger partial charge in [-0.15, -0.1) is 0 Å². The lowest BCUT2D eigenvalue weighted by atomic mass is 9.71. The van der Waals surface area contributed by atoms with Crippen molar-refractivity contribution in [3.8, 4) is 23.0 Å². The van der Waals surface area contributed by atoms with E-state index in [1.54, 1.807) is 39.8 Å². The number of ketones is 1. The zero-order valence-electron chi connectivity index (χ0n) is 37.2. The predicted octanol–water partition coefficient (Wildman–Crippen LogP) is 5.99. The maximum atomic E-state index is 14.5. The topological polar surface area (TPSA) is 202 Å². The molecule has 14 heteroatoms. The lowest BCUT2D eigenvalue weighted by molar-refractivity contribution is -0.112. The molecule has 7 N–H and O–H groups in total. The van der Waals surface area contributed by atoms with Gasteiger partial charge in [-0.05, 0) is 37.2 Å². The van der Waals surface area contributed by atoms with E-state index in [1.165, 1.54) is 33.3 Å². The zero-order valence-corrected chi connectivity index (χ0v) is 37.2. The van der Waals surface area contributed by atoms with E-state index in [2.05, 4.69) is 24.1 Å². The number of Topliss-reactive ketones (excluding diaryl/α,β-unsaturated/α-hetero) is 1. The van der Waals surface area contributed by atoms with Crippen molar-refractivity contribution in [3.63, 3.8) is 0 Å². The van der Waals surface area contributed by atoms with Crippen molar-refractivity contribution in [2.75, 3.05) is 50.1 Å². The number of anilines is 2. The number of aromatic hydroxyl groups is 3. The van der Waals surface area contributed by atoms with Gasteiger partial charge in [0.15, 0.2) is 5.75 Å². The molecule has 9 atom stereocenters. The van der Waals surface area contributed by atoms with Crippen molar-refractivity contribution in [1.82, 2.24) is 4.90 Å². The first-order valence-electron chi connectivity index (χ1n) is 21.1. The smallest absolute Gasteiger partial charge is 0.312 e. The normalized spacial score (nSPS) is 32.9. The van der Waals surface area contributed by atoms with Crippen LogP contribution in [0.4, 0.5) is 11.4 Å². The Morgan fingerprint density at radius 1 is 0.867 bits per heavy atom. The largest absolute Gasteiger partial charge is 0.507 e. The molecule has 5 bridgehead atoms. The summed E-state index contributed by atoms with van der Waals surface area (Å²) >= 11 is 0. The molecule has 0 unspecified atom stereocenters. The average molecular weight is 838 g/mol.